The maximum Gasteiger partial charge on any atom is 0.407 e. The highest BCUT2D eigenvalue weighted by Crippen LogP contribution is 2.40. The van der Waals surface area contributed by atoms with Crippen molar-refractivity contribution in [3.8, 4) is 0 Å². The Morgan fingerprint density at radius 3 is 2.58 bits per heavy atom. The molecule has 0 spiro atoms. The van der Waals surface area contributed by atoms with Crippen molar-refractivity contribution >= 4 is 12.1 Å². The minimum Gasteiger partial charge on any atom is -0.465 e. The lowest BCUT2D eigenvalue weighted by molar-refractivity contribution is -0.186. The van der Waals surface area contributed by atoms with Crippen LogP contribution in [0.15, 0.2) is 24.3 Å². The highest BCUT2D eigenvalue weighted by Gasteiger charge is 2.42. The summed E-state index contributed by atoms with van der Waals surface area (Å²) in [6, 6.07) is 7.81. The number of nitrogens with zero attached hydrogens (tertiary/aromatic N) is 1. The number of hydrogen-bond donors (Lipinski definition) is 1. The quantitative estimate of drug-likeness (QED) is 0.437. The molecule has 1 fully saturated rings. The van der Waals surface area contributed by atoms with Gasteiger partial charge >= 0.3 is 12.1 Å². The second-order valence-corrected chi connectivity index (χ2v) is 7.12. The lowest BCUT2D eigenvalue weighted by Crippen LogP contribution is -2.38. The number of cyclic esters (lactones) is 1. The fourth-order valence-corrected chi connectivity index (χ4v) is 3.39. The summed E-state index contributed by atoms with van der Waals surface area (Å²) in [7, 11) is 0. The zero-order valence-electron chi connectivity index (χ0n) is 15.9. The van der Waals surface area contributed by atoms with E-state index in [-0.39, 0.29) is 18.0 Å². The van der Waals surface area contributed by atoms with Gasteiger partial charge in [0.2, 0.25) is 0 Å². The van der Waals surface area contributed by atoms with Crippen molar-refractivity contribution in [2.75, 3.05) is 6.54 Å². The molecule has 2 rings (SSSR count). The number of amides is 1. The molecule has 1 aromatic rings. The standard InChI is InChI=1S/C21H31NO4/c1-3-5-7-8-12-18-19(26-20(18)23)17-11-9-10-16(14-17)15-22(21(24)25)13-6-4-2/h9-11,14,18-19H,3-8,12-13,15H2,1-2H3,(H,24,25)/t18-,19-/m1/s1. The summed E-state index contributed by atoms with van der Waals surface area (Å²) < 4.78 is 5.40. The third-order valence-electron chi connectivity index (χ3n) is 4.99. The number of ether oxygens (including phenoxy) is 1. The van der Waals surface area contributed by atoms with Gasteiger partial charge in [0.15, 0.2) is 0 Å². The number of hydrogen-bond acceptors (Lipinski definition) is 3. The maximum absolute atomic E-state index is 11.8. The van der Waals surface area contributed by atoms with Crippen LogP contribution in [0, 0.1) is 5.92 Å². The van der Waals surface area contributed by atoms with Crippen molar-refractivity contribution < 1.29 is 19.4 Å². The van der Waals surface area contributed by atoms with Crippen LogP contribution < -0.4 is 0 Å². The van der Waals surface area contributed by atoms with Crippen molar-refractivity contribution in [1.82, 2.24) is 4.90 Å². The zero-order valence-corrected chi connectivity index (χ0v) is 15.9. The van der Waals surface area contributed by atoms with Gasteiger partial charge in [0, 0.05) is 13.1 Å². The topological polar surface area (TPSA) is 66.8 Å². The first-order valence-electron chi connectivity index (χ1n) is 9.84. The molecule has 1 saturated heterocycles. The molecule has 5 heteroatoms. The largest absolute Gasteiger partial charge is 0.465 e. The van der Waals surface area contributed by atoms with Crippen LogP contribution >= 0.6 is 0 Å². The number of carboxylic acid groups (broad SMARTS) is 1. The molecule has 0 saturated carbocycles. The Balaban J connectivity index is 1.99. The normalized spacial score (nSPS) is 18.9. The second kappa shape index (κ2) is 10.2. The third kappa shape index (κ3) is 5.48. The minimum atomic E-state index is -0.896. The number of carbonyl (C=O) groups excluding carboxylic acids is 1. The van der Waals surface area contributed by atoms with E-state index in [4.69, 9.17) is 4.74 Å². The molecule has 5 nitrogen and oxygen atoms in total. The van der Waals surface area contributed by atoms with Gasteiger partial charge < -0.3 is 14.7 Å². The van der Waals surface area contributed by atoms with Gasteiger partial charge in [-0.25, -0.2) is 4.79 Å². The first-order chi connectivity index (χ1) is 12.6. The van der Waals surface area contributed by atoms with E-state index in [0.717, 1.165) is 43.2 Å². The summed E-state index contributed by atoms with van der Waals surface area (Å²) in [4.78, 5) is 24.7. The number of unbranched alkanes of at least 4 members (excludes halogenated alkanes) is 4. The maximum atomic E-state index is 11.8. The first-order valence-corrected chi connectivity index (χ1v) is 9.84. The van der Waals surface area contributed by atoms with Crippen molar-refractivity contribution in [2.45, 2.75) is 71.4 Å². The minimum absolute atomic E-state index is 0.0576. The van der Waals surface area contributed by atoms with Gasteiger partial charge in [-0.15, -0.1) is 0 Å². The summed E-state index contributed by atoms with van der Waals surface area (Å²) in [6.07, 6.45) is 6.18. The first kappa shape index (κ1) is 20.3. The van der Waals surface area contributed by atoms with Crippen molar-refractivity contribution in [3.05, 3.63) is 35.4 Å². The number of carbonyl (C=O) groups is 2. The second-order valence-electron chi connectivity index (χ2n) is 7.12. The average molecular weight is 361 g/mol. The highest BCUT2D eigenvalue weighted by molar-refractivity contribution is 5.79. The van der Waals surface area contributed by atoms with E-state index in [1.54, 1.807) is 0 Å². The molecule has 0 aromatic heterocycles. The average Bonchev–Trinajstić information content (AvgIpc) is 2.62. The Bertz CT molecular complexity index is 601. The third-order valence-corrected chi connectivity index (χ3v) is 4.99. The molecule has 1 aromatic carbocycles. The molecular formula is C21H31NO4. The van der Waals surface area contributed by atoms with Gasteiger partial charge in [0.05, 0.1) is 5.92 Å². The lowest BCUT2D eigenvalue weighted by atomic mass is 9.86. The predicted molar refractivity (Wildman–Crippen MR) is 101 cm³/mol. The Morgan fingerprint density at radius 2 is 1.92 bits per heavy atom. The molecule has 1 heterocycles. The van der Waals surface area contributed by atoms with E-state index in [2.05, 4.69) is 6.92 Å². The molecular weight excluding hydrogens is 330 g/mol. The lowest BCUT2D eigenvalue weighted by Gasteiger charge is -2.35. The van der Waals surface area contributed by atoms with Crippen LogP contribution in [-0.4, -0.2) is 28.6 Å². The molecule has 0 radical (unpaired) electrons. The van der Waals surface area contributed by atoms with Gasteiger partial charge in [-0.3, -0.25) is 4.79 Å². The van der Waals surface area contributed by atoms with Crippen LogP contribution in [-0.2, 0) is 16.1 Å². The van der Waals surface area contributed by atoms with Gasteiger partial charge in [-0.1, -0.05) is 70.2 Å². The van der Waals surface area contributed by atoms with E-state index in [1.165, 1.54) is 17.7 Å². The van der Waals surface area contributed by atoms with Gasteiger partial charge in [-0.05, 0) is 24.0 Å². The summed E-state index contributed by atoms with van der Waals surface area (Å²) in [5.74, 6) is -0.162. The van der Waals surface area contributed by atoms with Crippen LogP contribution in [0.4, 0.5) is 4.79 Å². The molecule has 26 heavy (non-hydrogen) atoms. The van der Waals surface area contributed by atoms with Gasteiger partial charge in [0.25, 0.3) is 0 Å². The molecule has 0 aliphatic carbocycles. The SMILES string of the molecule is CCCCCC[C@H]1C(=O)O[C@@H]1c1cccc(CN(CCCC)C(=O)O)c1. The molecule has 0 unspecified atom stereocenters. The Labute approximate surface area is 156 Å². The zero-order chi connectivity index (χ0) is 18.9. The van der Waals surface area contributed by atoms with Gasteiger partial charge in [0.1, 0.15) is 6.10 Å². The van der Waals surface area contributed by atoms with E-state index in [0.29, 0.717) is 13.1 Å². The van der Waals surface area contributed by atoms with Crippen molar-refractivity contribution in [3.63, 3.8) is 0 Å². The van der Waals surface area contributed by atoms with E-state index < -0.39 is 6.09 Å². The van der Waals surface area contributed by atoms with Crippen molar-refractivity contribution in [2.24, 2.45) is 5.92 Å². The predicted octanol–water partition coefficient (Wildman–Crippen LogP) is 5.15. The number of esters is 1. The summed E-state index contributed by atoms with van der Waals surface area (Å²) >= 11 is 0. The Kier molecular flexibility index (Phi) is 7.95. The molecule has 1 aliphatic heterocycles. The van der Waals surface area contributed by atoms with Crippen LogP contribution in [0.3, 0.4) is 0 Å². The van der Waals surface area contributed by atoms with Gasteiger partial charge in [-0.2, -0.15) is 0 Å². The molecule has 2 atom stereocenters. The van der Waals surface area contributed by atoms with E-state index in [1.807, 2.05) is 31.2 Å². The fourth-order valence-electron chi connectivity index (χ4n) is 3.39. The Hall–Kier alpha value is -2.04. The number of rotatable bonds is 11. The monoisotopic (exact) mass is 361 g/mol. The summed E-state index contributed by atoms with van der Waals surface area (Å²) in [6.45, 7) is 5.12. The Morgan fingerprint density at radius 1 is 1.15 bits per heavy atom. The van der Waals surface area contributed by atoms with Crippen LogP contribution in [0.2, 0.25) is 0 Å². The van der Waals surface area contributed by atoms with Crippen LogP contribution in [0.1, 0.15) is 76.0 Å². The van der Waals surface area contributed by atoms with Crippen LogP contribution in [0.25, 0.3) is 0 Å². The van der Waals surface area contributed by atoms with E-state index in [9.17, 15) is 14.7 Å². The van der Waals surface area contributed by atoms with Crippen LogP contribution in [0.5, 0.6) is 0 Å². The highest BCUT2D eigenvalue weighted by atomic mass is 16.6. The number of benzene rings is 1. The molecule has 1 aliphatic rings. The molecule has 144 valence electrons. The van der Waals surface area contributed by atoms with E-state index >= 15 is 0 Å². The summed E-state index contributed by atoms with van der Waals surface area (Å²) in [5, 5.41) is 9.37. The summed E-state index contributed by atoms with van der Waals surface area (Å²) in [5.41, 5.74) is 1.91. The molecule has 1 N–H and O–H groups in total. The fraction of sp³-hybridized carbons (Fsp3) is 0.619. The molecule has 1 amide bonds. The smallest absolute Gasteiger partial charge is 0.407 e. The molecule has 0 bridgehead atoms. The van der Waals surface area contributed by atoms with Crippen molar-refractivity contribution in [1.29, 1.82) is 0 Å².